The second kappa shape index (κ2) is 2.57. The van der Waals surface area contributed by atoms with Crippen molar-refractivity contribution in [3.05, 3.63) is 17.7 Å². The van der Waals surface area contributed by atoms with E-state index < -0.39 is 0 Å². The van der Waals surface area contributed by atoms with Crippen molar-refractivity contribution in [2.45, 2.75) is 6.61 Å². The van der Waals surface area contributed by atoms with Crippen molar-refractivity contribution in [2.75, 3.05) is 18.3 Å². The fourth-order valence-electron chi connectivity index (χ4n) is 1.16. The molecule has 4 heteroatoms. The van der Waals surface area contributed by atoms with E-state index in [0.717, 1.165) is 11.3 Å². The Morgan fingerprint density at radius 1 is 1.17 bits per heavy atom. The van der Waals surface area contributed by atoms with E-state index in [1.165, 1.54) is 0 Å². The third kappa shape index (κ3) is 1.06. The summed E-state index contributed by atoms with van der Waals surface area (Å²) < 4.78 is 10.3. The molecule has 0 atom stereocenters. The summed E-state index contributed by atoms with van der Waals surface area (Å²) in [5.41, 5.74) is 13.3. The second-order valence-corrected chi connectivity index (χ2v) is 2.70. The van der Waals surface area contributed by atoms with Crippen LogP contribution in [0.2, 0.25) is 0 Å². The van der Waals surface area contributed by atoms with E-state index in [-0.39, 0.29) is 6.79 Å². The lowest BCUT2D eigenvalue weighted by molar-refractivity contribution is -0.0162. The molecule has 0 spiro atoms. The third-order valence-corrected chi connectivity index (χ3v) is 1.82. The first-order valence-electron chi connectivity index (χ1n) is 3.66. The van der Waals surface area contributed by atoms with E-state index in [1.807, 2.05) is 0 Å². The summed E-state index contributed by atoms with van der Waals surface area (Å²) in [7, 11) is 0. The van der Waals surface area contributed by atoms with Crippen LogP contribution in [0.3, 0.4) is 0 Å². The van der Waals surface area contributed by atoms with Crippen molar-refractivity contribution in [3.63, 3.8) is 0 Å². The Bertz CT molecular complexity index is 281. The van der Waals surface area contributed by atoms with Gasteiger partial charge in [0, 0.05) is 11.6 Å². The number of fused-ring (bicyclic) bond motifs is 1. The highest BCUT2D eigenvalue weighted by molar-refractivity contribution is 5.67. The lowest BCUT2D eigenvalue weighted by Gasteiger charge is -2.18. The van der Waals surface area contributed by atoms with Crippen molar-refractivity contribution >= 4 is 11.4 Å². The van der Waals surface area contributed by atoms with Gasteiger partial charge in [-0.05, 0) is 6.07 Å². The monoisotopic (exact) mass is 166 g/mol. The van der Waals surface area contributed by atoms with Crippen LogP contribution < -0.4 is 16.2 Å². The lowest BCUT2D eigenvalue weighted by atomic mass is 10.1. The molecule has 0 radical (unpaired) electrons. The molecular formula is C8H10N2O2. The van der Waals surface area contributed by atoms with Crippen LogP contribution >= 0.6 is 0 Å². The largest absolute Gasteiger partial charge is 0.467 e. The van der Waals surface area contributed by atoms with E-state index >= 15 is 0 Å². The fourth-order valence-corrected chi connectivity index (χ4v) is 1.16. The lowest BCUT2D eigenvalue weighted by Crippen LogP contribution is -2.12. The number of ether oxygens (including phenoxy) is 2. The summed E-state index contributed by atoms with van der Waals surface area (Å²) in [5.74, 6) is 0.771. The van der Waals surface area contributed by atoms with Crippen LogP contribution in [0, 0.1) is 0 Å². The van der Waals surface area contributed by atoms with Gasteiger partial charge < -0.3 is 20.9 Å². The average Bonchev–Trinajstić information content (AvgIpc) is 2.07. The first-order valence-corrected chi connectivity index (χ1v) is 3.66. The molecule has 0 aromatic heterocycles. The molecular weight excluding hydrogens is 156 g/mol. The molecule has 0 saturated heterocycles. The van der Waals surface area contributed by atoms with Gasteiger partial charge in [0.05, 0.1) is 18.0 Å². The summed E-state index contributed by atoms with van der Waals surface area (Å²) in [4.78, 5) is 0. The van der Waals surface area contributed by atoms with Crippen LogP contribution in [0.5, 0.6) is 5.75 Å². The van der Waals surface area contributed by atoms with E-state index in [4.69, 9.17) is 20.9 Å². The highest BCUT2D eigenvalue weighted by atomic mass is 16.7. The number of benzene rings is 1. The minimum absolute atomic E-state index is 0.288. The number of nitrogens with two attached hydrogens (primary N) is 2. The fraction of sp³-hybridized carbons (Fsp3) is 0.250. The van der Waals surface area contributed by atoms with Crippen LogP contribution in [0.15, 0.2) is 12.1 Å². The van der Waals surface area contributed by atoms with Crippen LogP contribution in [-0.2, 0) is 11.3 Å². The van der Waals surface area contributed by atoms with Gasteiger partial charge in [0.25, 0.3) is 0 Å². The number of hydrogen-bond acceptors (Lipinski definition) is 4. The van der Waals surface area contributed by atoms with E-state index in [1.54, 1.807) is 12.1 Å². The van der Waals surface area contributed by atoms with Gasteiger partial charge in [-0.2, -0.15) is 0 Å². The van der Waals surface area contributed by atoms with Crippen LogP contribution in [-0.4, -0.2) is 6.79 Å². The highest BCUT2D eigenvalue weighted by Crippen LogP contribution is 2.29. The highest BCUT2D eigenvalue weighted by Gasteiger charge is 2.11. The Hall–Kier alpha value is -1.42. The molecule has 1 aliphatic heterocycles. The van der Waals surface area contributed by atoms with E-state index in [9.17, 15) is 0 Å². The molecule has 4 nitrogen and oxygen atoms in total. The SMILES string of the molecule is Nc1cc2c(cc1N)OCOC2. The zero-order chi connectivity index (χ0) is 8.55. The maximum absolute atomic E-state index is 5.61. The van der Waals surface area contributed by atoms with Crippen molar-refractivity contribution in [3.8, 4) is 5.75 Å². The Morgan fingerprint density at radius 2 is 1.92 bits per heavy atom. The topological polar surface area (TPSA) is 70.5 Å². The molecule has 1 aromatic carbocycles. The molecule has 1 heterocycles. The standard InChI is InChI=1S/C8H10N2O2/c9-6-1-5-3-11-4-12-8(5)2-7(6)10/h1-2H,3-4,9-10H2. The molecule has 2 rings (SSSR count). The van der Waals surface area contributed by atoms with E-state index in [0.29, 0.717) is 18.0 Å². The van der Waals surface area contributed by atoms with Crippen LogP contribution in [0.1, 0.15) is 5.56 Å². The Labute approximate surface area is 70.1 Å². The zero-order valence-corrected chi connectivity index (χ0v) is 6.54. The van der Waals surface area contributed by atoms with E-state index in [2.05, 4.69) is 0 Å². The van der Waals surface area contributed by atoms with Gasteiger partial charge in [0.2, 0.25) is 0 Å². The molecule has 1 aromatic rings. The van der Waals surface area contributed by atoms with Gasteiger partial charge in [-0.1, -0.05) is 0 Å². The Kier molecular flexibility index (Phi) is 1.55. The summed E-state index contributed by atoms with van der Waals surface area (Å²) in [6.07, 6.45) is 0. The third-order valence-electron chi connectivity index (χ3n) is 1.82. The summed E-state index contributed by atoms with van der Waals surface area (Å²) >= 11 is 0. The van der Waals surface area contributed by atoms with Gasteiger partial charge in [-0.15, -0.1) is 0 Å². The summed E-state index contributed by atoms with van der Waals surface area (Å²) in [6, 6.07) is 3.51. The molecule has 4 N–H and O–H groups in total. The molecule has 1 aliphatic rings. The molecule has 0 fully saturated rings. The van der Waals surface area contributed by atoms with Crippen molar-refractivity contribution < 1.29 is 9.47 Å². The molecule has 0 amide bonds. The van der Waals surface area contributed by atoms with Gasteiger partial charge >= 0.3 is 0 Å². The smallest absolute Gasteiger partial charge is 0.189 e. The zero-order valence-electron chi connectivity index (χ0n) is 6.54. The first kappa shape index (κ1) is 7.24. The Morgan fingerprint density at radius 3 is 2.75 bits per heavy atom. The van der Waals surface area contributed by atoms with Crippen molar-refractivity contribution in [2.24, 2.45) is 0 Å². The number of hydrogen-bond donors (Lipinski definition) is 2. The average molecular weight is 166 g/mol. The molecule has 0 unspecified atom stereocenters. The van der Waals surface area contributed by atoms with Gasteiger partial charge in [-0.3, -0.25) is 0 Å². The predicted molar refractivity (Wildman–Crippen MR) is 45.6 cm³/mol. The maximum Gasteiger partial charge on any atom is 0.189 e. The van der Waals surface area contributed by atoms with Crippen molar-refractivity contribution in [1.29, 1.82) is 0 Å². The number of nitrogen functional groups attached to an aromatic ring is 2. The minimum Gasteiger partial charge on any atom is -0.467 e. The van der Waals surface area contributed by atoms with Gasteiger partial charge in [0.15, 0.2) is 6.79 Å². The molecule has 0 saturated carbocycles. The van der Waals surface area contributed by atoms with Gasteiger partial charge in [0.1, 0.15) is 5.75 Å². The predicted octanol–water partition coefficient (Wildman–Crippen LogP) is 0.718. The summed E-state index contributed by atoms with van der Waals surface area (Å²) in [6.45, 7) is 0.830. The Balaban J connectivity index is 2.49. The maximum atomic E-state index is 5.61. The van der Waals surface area contributed by atoms with Gasteiger partial charge in [-0.25, -0.2) is 0 Å². The van der Waals surface area contributed by atoms with Crippen LogP contribution in [0.4, 0.5) is 11.4 Å². The minimum atomic E-state index is 0.288. The molecule has 0 bridgehead atoms. The molecule has 12 heavy (non-hydrogen) atoms. The van der Waals surface area contributed by atoms with Crippen molar-refractivity contribution in [1.82, 2.24) is 0 Å². The summed E-state index contributed by atoms with van der Waals surface area (Å²) in [5, 5.41) is 0. The normalized spacial score (nSPS) is 15.0. The molecule has 64 valence electrons. The van der Waals surface area contributed by atoms with Crippen LogP contribution in [0.25, 0.3) is 0 Å². The number of anilines is 2. The first-order chi connectivity index (χ1) is 5.77. The second-order valence-electron chi connectivity index (χ2n) is 2.70. The number of rotatable bonds is 0. The quantitative estimate of drug-likeness (QED) is 0.557. The molecule has 0 aliphatic carbocycles.